The van der Waals surface area contributed by atoms with Gasteiger partial charge >= 0.3 is 0 Å². The molecule has 0 saturated heterocycles. The van der Waals surface area contributed by atoms with Crippen LogP contribution in [0.1, 0.15) is 37.3 Å². The fraction of sp³-hybridized carbons (Fsp3) is 0.471. The fourth-order valence-corrected chi connectivity index (χ4v) is 2.81. The second kappa shape index (κ2) is 8.20. The summed E-state index contributed by atoms with van der Waals surface area (Å²) < 4.78 is 1.97. The van der Waals surface area contributed by atoms with Crippen molar-refractivity contribution in [2.24, 2.45) is 0 Å². The Kier molecular flexibility index (Phi) is 6.27. The zero-order chi connectivity index (χ0) is 15.1. The topological polar surface area (TPSA) is 29.9 Å². The van der Waals surface area contributed by atoms with Gasteiger partial charge in [-0.05, 0) is 43.5 Å². The summed E-state index contributed by atoms with van der Waals surface area (Å²) in [6, 6.07) is 8.14. The van der Waals surface area contributed by atoms with E-state index in [9.17, 15) is 0 Å². The van der Waals surface area contributed by atoms with Crippen LogP contribution in [0.25, 0.3) is 0 Å². The van der Waals surface area contributed by atoms with Gasteiger partial charge in [-0.15, -0.1) is 0 Å². The minimum Gasteiger partial charge on any atom is -0.316 e. The van der Waals surface area contributed by atoms with Gasteiger partial charge in [-0.2, -0.15) is 5.10 Å². The lowest BCUT2D eigenvalue weighted by molar-refractivity contribution is 0.576. The lowest BCUT2D eigenvalue weighted by Crippen LogP contribution is -2.23. The number of aromatic nitrogens is 2. The summed E-state index contributed by atoms with van der Waals surface area (Å²) in [6.45, 7) is 7.17. The third-order valence-electron chi connectivity index (χ3n) is 3.66. The highest BCUT2D eigenvalue weighted by molar-refractivity contribution is 6.31. The Labute approximate surface area is 132 Å². The molecule has 2 aromatic rings. The quantitative estimate of drug-likeness (QED) is 0.750. The average Bonchev–Trinajstić information content (AvgIpc) is 2.95. The molecule has 0 aliphatic carbocycles. The van der Waals surface area contributed by atoms with Gasteiger partial charge in [-0.25, -0.2) is 0 Å². The highest BCUT2D eigenvalue weighted by Crippen LogP contribution is 2.27. The molecular weight excluding hydrogens is 282 g/mol. The number of nitrogens with zero attached hydrogens (tertiary/aromatic N) is 2. The van der Waals surface area contributed by atoms with Crippen molar-refractivity contribution in [2.75, 3.05) is 13.1 Å². The summed E-state index contributed by atoms with van der Waals surface area (Å²) in [5.74, 6) is 0.375. The van der Waals surface area contributed by atoms with Crippen LogP contribution in [0.5, 0.6) is 0 Å². The summed E-state index contributed by atoms with van der Waals surface area (Å²) >= 11 is 6.38. The molecule has 1 N–H and O–H groups in total. The van der Waals surface area contributed by atoms with Crippen LogP contribution in [0.15, 0.2) is 36.7 Å². The van der Waals surface area contributed by atoms with E-state index in [1.54, 1.807) is 0 Å². The molecule has 21 heavy (non-hydrogen) atoms. The maximum absolute atomic E-state index is 6.38. The predicted octanol–water partition coefficient (Wildman–Crippen LogP) is 3.88. The number of aryl methyl sites for hydroxylation is 1. The molecule has 0 spiro atoms. The molecule has 0 radical (unpaired) electrons. The van der Waals surface area contributed by atoms with E-state index in [0.29, 0.717) is 5.92 Å². The molecule has 1 aromatic heterocycles. The third kappa shape index (κ3) is 4.58. The largest absolute Gasteiger partial charge is 0.316 e. The number of hydrogen-bond donors (Lipinski definition) is 1. The van der Waals surface area contributed by atoms with Crippen molar-refractivity contribution in [2.45, 2.75) is 39.2 Å². The van der Waals surface area contributed by atoms with Crippen molar-refractivity contribution in [3.63, 3.8) is 0 Å². The van der Waals surface area contributed by atoms with E-state index in [-0.39, 0.29) is 0 Å². The van der Waals surface area contributed by atoms with Crippen LogP contribution >= 0.6 is 11.6 Å². The minimum absolute atomic E-state index is 0.375. The number of rotatable bonds is 8. The molecule has 1 unspecified atom stereocenters. The predicted molar refractivity (Wildman–Crippen MR) is 89.0 cm³/mol. The SMILES string of the molecule is CCCNCC(Cc1cnn(CC)c1)c1ccccc1Cl. The molecule has 0 bridgehead atoms. The maximum atomic E-state index is 6.38. The Morgan fingerprint density at radius 1 is 1.29 bits per heavy atom. The Hall–Kier alpha value is -1.32. The fourth-order valence-electron chi connectivity index (χ4n) is 2.52. The van der Waals surface area contributed by atoms with Crippen LogP contribution in [0, 0.1) is 0 Å². The molecule has 1 heterocycles. The van der Waals surface area contributed by atoms with Gasteiger partial charge in [0.15, 0.2) is 0 Å². The van der Waals surface area contributed by atoms with E-state index < -0.39 is 0 Å². The summed E-state index contributed by atoms with van der Waals surface area (Å²) in [5, 5.41) is 8.73. The minimum atomic E-state index is 0.375. The Morgan fingerprint density at radius 3 is 2.76 bits per heavy atom. The van der Waals surface area contributed by atoms with E-state index in [2.05, 4.69) is 42.6 Å². The lowest BCUT2D eigenvalue weighted by atomic mass is 9.93. The van der Waals surface area contributed by atoms with E-state index >= 15 is 0 Å². The number of hydrogen-bond acceptors (Lipinski definition) is 2. The molecule has 114 valence electrons. The van der Waals surface area contributed by atoms with Gasteiger partial charge in [0.25, 0.3) is 0 Å². The molecule has 0 fully saturated rings. The van der Waals surface area contributed by atoms with Gasteiger partial charge in [0.05, 0.1) is 6.20 Å². The molecule has 0 amide bonds. The molecule has 4 heteroatoms. The van der Waals surface area contributed by atoms with Crippen molar-refractivity contribution in [3.8, 4) is 0 Å². The van der Waals surface area contributed by atoms with Crippen molar-refractivity contribution in [3.05, 3.63) is 52.8 Å². The molecule has 1 aromatic carbocycles. The normalized spacial score (nSPS) is 12.5. The van der Waals surface area contributed by atoms with Crippen LogP contribution in [-0.4, -0.2) is 22.9 Å². The first-order chi connectivity index (χ1) is 10.2. The first-order valence-electron chi connectivity index (χ1n) is 7.71. The van der Waals surface area contributed by atoms with Gasteiger partial charge in [-0.1, -0.05) is 36.7 Å². The standard InChI is InChI=1S/C17H24ClN3/c1-3-9-19-12-15(16-7-5-6-8-17(16)18)10-14-11-20-21(4-2)13-14/h5-8,11,13,15,19H,3-4,9-10,12H2,1-2H3. The third-order valence-corrected chi connectivity index (χ3v) is 4.00. The summed E-state index contributed by atoms with van der Waals surface area (Å²) in [4.78, 5) is 0. The molecule has 0 aliphatic rings. The zero-order valence-electron chi connectivity index (χ0n) is 12.8. The van der Waals surface area contributed by atoms with Gasteiger partial charge in [-0.3, -0.25) is 4.68 Å². The van der Waals surface area contributed by atoms with Crippen molar-refractivity contribution < 1.29 is 0 Å². The van der Waals surface area contributed by atoms with E-state index in [1.807, 2.05) is 23.0 Å². The highest BCUT2D eigenvalue weighted by Gasteiger charge is 2.15. The second-order valence-corrected chi connectivity index (χ2v) is 5.74. The second-order valence-electron chi connectivity index (χ2n) is 5.33. The lowest BCUT2D eigenvalue weighted by Gasteiger charge is -2.18. The summed E-state index contributed by atoms with van der Waals surface area (Å²) in [6.07, 6.45) is 6.19. The maximum Gasteiger partial charge on any atom is 0.0521 e. The molecule has 3 nitrogen and oxygen atoms in total. The Balaban J connectivity index is 2.13. The van der Waals surface area contributed by atoms with Crippen molar-refractivity contribution in [1.82, 2.24) is 15.1 Å². The Bertz CT molecular complexity index is 550. The van der Waals surface area contributed by atoms with Crippen LogP contribution < -0.4 is 5.32 Å². The van der Waals surface area contributed by atoms with E-state index in [1.165, 1.54) is 11.1 Å². The molecule has 1 atom stereocenters. The number of benzene rings is 1. The van der Waals surface area contributed by atoms with Crippen LogP contribution in [0.4, 0.5) is 0 Å². The molecule has 2 rings (SSSR count). The molecule has 0 saturated carbocycles. The van der Waals surface area contributed by atoms with Crippen LogP contribution in [0.3, 0.4) is 0 Å². The van der Waals surface area contributed by atoms with Gasteiger partial charge in [0.2, 0.25) is 0 Å². The smallest absolute Gasteiger partial charge is 0.0521 e. The van der Waals surface area contributed by atoms with Gasteiger partial charge in [0.1, 0.15) is 0 Å². The zero-order valence-corrected chi connectivity index (χ0v) is 13.6. The molecule has 0 aliphatic heterocycles. The Morgan fingerprint density at radius 2 is 2.10 bits per heavy atom. The number of halogens is 1. The summed E-state index contributed by atoms with van der Waals surface area (Å²) in [5.41, 5.74) is 2.48. The van der Waals surface area contributed by atoms with Gasteiger partial charge in [0, 0.05) is 30.2 Å². The van der Waals surface area contributed by atoms with E-state index in [0.717, 1.165) is 37.5 Å². The average molecular weight is 306 g/mol. The van der Waals surface area contributed by atoms with Crippen LogP contribution in [0.2, 0.25) is 5.02 Å². The first-order valence-corrected chi connectivity index (χ1v) is 8.08. The number of nitrogens with one attached hydrogen (secondary N) is 1. The van der Waals surface area contributed by atoms with Gasteiger partial charge < -0.3 is 5.32 Å². The van der Waals surface area contributed by atoms with Crippen LogP contribution in [-0.2, 0) is 13.0 Å². The first kappa shape index (κ1) is 16.1. The molecular formula is C17H24ClN3. The van der Waals surface area contributed by atoms with Crippen molar-refractivity contribution >= 4 is 11.6 Å². The van der Waals surface area contributed by atoms with E-state index in [4.69, 9.17) is 11.6 Å². The monoisotopic (exact) mass is 305 g/mol. The highest BCUT2D eigenvalue weighted by atomic mass is 35.5. The summed E-state index contributed by atoms with van der Waals surface area (Å²) in [7, 11) is 0. The van der Waals surface area contributed by atoms with Crippen molar-refractivity contribution in [1.29, 1.82) is 0 Å².